The largest absolute Gasteiger partial charge is 0.310 e. The molecule has 0 saturated carbocycles. The standard InChI is InChI=1S/C14H19IN4/c1-3-16-13(11-6-5-7-12(15)8-11)9-14-17-10-18-19(14)4-2/h5-8,10,13,16H,3-4,9H2,1-2H3. The van der Waals surface area contributed by atoms with Gasteiger partial charge in [-0.05, 0) is 53.8 Å². The zero-order valence-corrected chi connectivity index (χ0v) is 13.5. The van der Waals surface area contributed by atoms with E-state index in [1.165, 1.54) is 9.13 Å². The maximum Gasteiger partial charge on any atom is 0.138 e. The lowest BCUT2D eigenvalue weighted by Gasteiger charge is -2.18. The maximum absolute atomic E-state index is 4.37. The Kier molecular flexibility index (Phi) is 5.33. The van der Waals surface area contributed by atoms with Crippen LogP contribution in [0.5, 0.6) is 0 Å². The van der Waals surface area contributed by atoms with Gasteiger partial charge >= 0.3 is 0 Å². The van der Waals surface area contributed by atoms with Gasteiger partial charge in [-0.2, -0.15) is 5.10 Å². The first-order chi connectivity index (χ1) is 9.24. The maximum atomic E-state index is 4.37. The molecule has 0 aliphatic rings. The molecule has 2 rings (SSSR count). The number of likely N-dealkylation sites (N-methyl/N-ethyl adjacent to an activating group) is 1. The van der Waals surface area contributed by atoms with Gasteiger partial charge in [0.1, 0.15) is 12.2 Å². The molecule has 1 aromatic heterocycles. The summed E-state index contributed by atoms with van der Waals surface area (Å²) in [5.74, 6) is 1.03. The summed E-state index contributed by atoms with van der Waals surface area (Å²) < 4.78 is 3.22. The van der Waals surface area contributed by atoms with Gasteiger partial charge in [-0.3, -0.25) is 4.68 Å². The van der Waals surface area contributed by atoms with E-state index in [9.17, 15) is 0 Å². The summed E-state index contributed by atoms with van der Waals surface area (Å²) in [6, 6.07) is 8.89. The minimum absolute atomic E-state index is 0.286. The molecule has 0 fully saturated rings. The van der Waals surface area contributed by atoms with Crippen LogP contribution < -0.4 is 5.32 Å². The van der Waals surface area contributed by atoms with Crippen LogP contribution in [0.2, 0.25) is 0 Å². The second-order valence-electron chi connectivity index (χ2n) is 4.36. The normalized spacial score (nSPS) is 12.6. The van der Waals surface area contributed by atoms with E-state index in [1.54, 1.807) is 6.33 Å². The van der Waals surface area contributed by atoms with Gasteiger partial charge < -0.3 is 5.32 Å². The van der Waals surface area contributed by atoms with Gasteiger partial charge in [0.05, 0.1) is 0 Å². The van der Waals surface area contributed by atoms with Crippen molar-refractivity contribution in [2.75, 3.05) is 6.54 Å². The van der Waals surface area contributed by atoms with Gasteiger partial charge in [-0.15, -0.1) is 0 Å². The summed E-state index contributed by atoms with van der Waals surface area (Å²) in [6.07, 6.45) is 2.50. The Bertz CT molecular complexity index is 524. The molecule has 0 aliphatic carbocycles. The van der Waals surface area contributed by atoms with Crippen LogP contribution >= 0.6 is 22.6 Å². The third-order valence-corrected chi connectivity index (χ3v) is 3.75. The zero-order valence-electron chi connectivity index (χ0n) is 11.3. The molecule has 2 aromatic rings. The van der Waals surface area contributed by atoms with E-state index in [4.69, 9.17) is 0 Å². The summed E-state index contributed by atoms with van der Waals surface area (Å²) in [5.41, 5.74) is 1.31. The van der Waals surface area contributed by atoms with Crippen molar-refractivity contribution in [2.45, 2.75) is 32.9 Å². The number of hydrogen-bond acceptors (Lipinski definition) is 3. The van der Waals surface area contributed by atoms with Crippen LogP contribution in [-0.4, -0.2) is 21.3 Å². The van der Waals surface area contributed by atoms with Gasteiger partial charge in [0.15, 0.2) is 0 Å². The fourth-order valence-corrected chi connectivity index (χ4v) is 2.74. The highest BCUT2D eigenvalue weighted by molar-refractivity contribution is 14.1. The predicted octanol–water partition coefficient (Wildman–Crippen LogP) is 2.80. The number of nitrogens with zero attached hydrogens (tertiary/aromatic N) is 3. The van der Waals surface area contributed by atoms with Crippen molar-refractivity contribution in [1.82, 2.24) is 20.1 Å². The quantitative estimate of drug-likeness (QED) is 0.796. The number of aromatic nitrogens is 3. The molecule has 0 bridgehead atoms. The molecular formula is C14H19IN4. The molecule has 0 amide bonds. The van der Waals surface area contributed by atoms with Gasteiger partial charge in [-0.25, -0.2) is 4.98 Å². The Morgan fingerprint density at radius 1 is 1.37 bits per heavy atom. The van der Waals surface area contributed by atoms with Crippen molar-refractivity contribution in [2.24, 2.45) is 0 Å². The van der Waals surface area contributed by atoms with E-state index in [0.29, 0.717) is 0 Å². The topological polar surface area (TPSA) is 42.7 Å². The van der Waals surface area contributed by atoms with Crippen LogP contribution in [0.1, 0.15) is 31.3 Å². The van der Waals surface area contributed by atoms with Crippen LogP contribution in [0.4, 0.5) is 0 Å². The summed E-state index contributed by atoms with van der Waals surface area (Å²) in [4.78, 5) is 4.37. The highest BCUT2D eigenvalue weighted by Crippen LogP contribution is 2.19. The Hall–Kier alpha value is -0.950. The highest BCUT2D eigenvalue weighted by Gasteiger charge is 2.14. The molecule has 19 heavy (non-hydrogen) atoms. The van der Waals surface area contributed by atoms with E-state index in [0.717, 1.165) is 25.3 Å². The lowest BCUT2D eigenvalue weighted by atomic mass is 10.0. The molecule has 1 heterocycles. The highest BCUT2D eigenvalue weighted by atomic mass is 127. The van der Waals surface area contributed by atoms with Crippen molar-refractivity contribution in [3.63, 3.8) is 0 Å². The number of nitrogens with one attached hydrogen (secondary N) is 1. The number of hydrogen-bond donors (Lipinski definition) is 1. The molecule has 1 unspecified atom stereocenters. The molecule has 102 valence electrons. The first-order valence-corrected chi connectivity index (χ1v) is 7.68. The average molecular weight is 370 g/mol. The average Bonchev–Trinajstić information content (AvgIpc) is 2.85. The van der Waals surface area contributed by atoms with E-state index < -0.39 is 0 Å². The van der Waals surface area contributed by atoms with Crippen LogP contribution in [-0.2, 0) is 13.0 Å². The molecule has 1 atom stereocenters. The lowest BCUT2D eigenvalue weighted by Crippen LogP contribution is -2.24. The molecule has 0 radical (unpaired) electrons. The molecule has 0 saturated heterocycles. The van der Waals surface area contributed by atoms with Crippen LogP contribution in [0.3, 0.4) is 0 Å². The lowest BCUT2D eigenvalue weighted by molar-refractivity contribution is 0.509. The number of aryl methyl sites for hydroxylation is 1. The van der Waals surface area contributed by atoms with Crippen LogP contribution in [0.15, 0.2) is 30.6 Å². The smallest absolute Gasteiger partial charge is 0.138 e. The fourth-order valence-electron chi connectivity index (χ4n) is 2.17. The van der Waals surface area contributed by atoms with E-state index in [2.05, 4.69) is 76.1 Å². The Morgan fingerprint density at radius 3 is 2.89 bits per heavy atom. The molecular weight excluding hydrogens is 351 g/mol. The Morgan fingerprint density at radius 2 is 2.21 bits per heavy atom. The van der Waals surface area contributed by atoms with Crippen molar-refractivity contribution in [1.29, 1.82) is 0 Å². The fraction of sp³-hybridized carbons (Fsp3) is 0.429. The minimum atomic E-state index is 0.286. The van der Waals surface area contributed by atoms with E-state index in [1.807, 2.05) is 4.68 Å². The molecule has 0 aliphatic heterocycles. The SMILES string of the molecule is CCNC(Cc1ncnn1CC)c1cccc(I)c1. The number of rotatable bonds is 6. The second kappa shape index (κ2) is 7.00. The zero-order chi connectivity index (χ0) is 13.7. The molecule has 1 aromatic carbocycles. The van der Waals surface area contributed by atoms with Crippen molar-refractivity contribution in [3.05, 3.63) is 45.6 Å². The summed E-state index contributed by atoms with van der Waals surface area (Å²) in [7, 11) is 0. The van der Waals surface area contributed by atoms with Crippen LogP contribution in [0, 0.1) is 3.57 Å². The van der Waals surface area contributed by atoms with E-state index in [-0.39, 0.29) is 6.04 Å². The van der Waals surface area contributed by atoms with Crippen molar-refractivity contribution in [3.8, 4) is 0 Å². The number of benzene rings is 1. The minimum Gasteiger partial charge on any atom is -0.310 e. The molecule has 0 spiro atoms. The summed E-state index contributed by atoms with van der Waals surface area (Å²) >= 11 is 2.35. The summed E-state index contributed by atoms with van der Waals surface area (Å²) in [5, 5.41) is 7.77. The molecule has 4 nitrogen and oxygen atoms in total. The third-order valence-electron chi connectivity index (χ3n) is 3.08. The monoisotopic (exact) mass is 370 g/mol. The number of halogens is 1. The van der Waals surface area contributed by atoms with E-state index >= 15 is 0 Å². The first kappa shape index (κ1) is 14.5. The Balaban J connectivity index is 2.21. The molecule has 1 N–H and O–H groups in total. The van der Waals surface area contributed by atoms with Gasteiger partial charge in [0.2, 0.25) is 0 Å². The second-order valence-corrected chi connectivity index (χ2v) is 5.61. The molecule has 5 heteroatoms. The van der Waals surface area contributed by atoms with Gasteiger partial charge in [0.25, 0.3) is 0 Å². The predicted molar refractivity (Wildman–Crippen MR) is 85.0 cm³/mol. The van der Waals surface area contributed by atoms with Gasteiger partial charge in [-0.1, -0.05) is 19.1 Å². The third kappa shape index (κ3) is 3.76. The Labute approximate surface area is 127 Å². The van der Waals surface area contributed by atoms with Gasteiger partial charge in [0, 0.05) is 22.6 Å². The first-order valence-electron chi connectivity index (χ1n) is 6.60. The van der Waals surface area contributed by atoms with Crippen molar-refractivity contribution < 1.29 is 0 Å². The summed E-state index contributed by atoms with van der Waals surface area (Å²) in [6.45, 7) is 6.02. The van der Waals surface area contributed by atoms with Crippen molar-refractivity contribution >= 4 is 22.6 Å². The van der Waals surface area contributed by atoms with Crippen LogP contribution in [0.25, 0.3) is 0 Å².